The van der Waals surface area contributed by atoms with Crippen LogP contribution in [-0.2, 0) is 4.74 Å². The van der Waals surface area contributed by atoms with Gasteiger partial charge in [-0.05, 0) is 32.4 Å². The number of nitrogens with one attached hydrogen (secondary N) is 1. The van der Waals surface area contributed by atoms with Crippen molar-refractivity contribution in [3.63, 3.8) is 0 Å². The maximum absolute atomic E-state index is 10.1. The van der Waals surface area contributed by atoms with Crippen LogP contribution in [0.4, 0.5) is 5.95 Å². The first-order chi connectivity index (χ1) is 13.5. The van der Waals surface area contributed by atoms with Gasteiger partial charge in [0.2, 0.25) is 5.95 Å². The number of aromatic nitrogens is 3. The maximum atomic E-state index is 10.1. The van der Waals surface area contributed by atoms with E-state index in [-0.39, 0.29) is 6.04 Å². The zero-order chi connectivity index (χ0) is 19.7. The Hall–Kier alpha value is -1.32. The summed E-state index contributed by atoms with van der Waals surface area (Å²) in [5.74, 6) is 1.52. The van der Waals surface area contributed by atoms with Gasteiger partial charge in [-0.3, -0.25) is 0 Å². The van der Waals surface area contributed by atoms with Crippen LogP contribution >= 0.6 is 22.9 Å². The number of hydrogen-bond donors (Lipinski definition) is 2. The highest BCUT2D eigenvalue weighted by atomic mass is 35.5. The number of piperidine rings is 1. The van der Waals surface area contributed by atoms with Crippen molar-refractivity contribution in [2.45, 2.75) is 37.8 Å². The normalized spacial score (nSPS) is 29.0. The molecule has 4 atom stereocenters. The molecule has 0 amide bonds. The van der Waals surface area contributed by atoms with Crippen molar-refractivity contribution in [1.29, 1.82) is 0 Å². The van der Waals surface area contributed by atoms with Gasteiger partial charge in [-0.1, -0.05) is 18.5 Å². The highest BCUT2D eigenvalue weighted by Crippen LogP contribution is 2.38. The highest BCUT2D eigenvalue weighted by molar-refractivity contribution is 7.15. The zero-order valence-corrected chi connectivity index (χ0v) is 17.7. The summed E-state index contributed by atoms with van der Waals surface area (Å²) >= 11 is 8.06. The Morgan fingerprint density at radius 3 is 2.96 bits per heavy atom. The van der Waals surface area contributed by atoms with Crippen molar-refractivity contribution < 1.29 is 9.84 Å². The van der Waals surface area contributed by atoms with Gasteiger partial charge in [0.25, 0.3) is 0 Å². The minimum Gasteiger partial charge on any atom is -0.389 e. The van der Waals surface area contributed by atoms with Crippen LogP contribution in [0.5, 0.6) is 0 Å². The van der Waals surface area contributed by atoms with Gasteiger partial charge in [0.05, 0.1) is 39.9 Å². The third-order valence-electron chi connectivity index (χ3n) is 5.57. The van der Waals surface area contributed by atoms with Crippen molar-refractivity contribution in [3.8, 4) is 10.6 Å². The van der Waals surface area contributed by atoms with E-state index in [1.165, 1.54) is 0 Å². The molecule has 2 aromatic heterocycles. The Kier molecular flexibility index (Phi) is 6.13. The second-order valence-electron chi connectivity index (χ2n) is 7.77. The summed E-state index contributed by atoms with van der Waals surface area (Å²) in [4.78, 5) is 16.9. The van der Waals surface area contributed by atoms with E-state index >= 15 is 0 Å². The topological polar surface area (TPSA) is 83.4 Å². The standard InChI is InChI=1S/C19H26ClN5O2S/c1-11-9-25(2)5-3-12(11)18-21-8-16(28-18)17-13(20)7-22-19(24-17)23-14-4-6-27-10-15(14)26/h7-8,11-12,14-15,26H,3-6,9-10H2,1-2H3,(H,22,23,24)/t11-,12+,14+,15+/m0/s1. The van der Waals surface area contributed by atoms with E-state index in [2.05, 4.69) is 34.2 Å². The molecule has 0 unspecified atom stereocenters. The molecule has 4 heterocycles. The van der Waals surface area contributed by atoms with Crippen LogP contribution < -0.4 is 5.32 Å². The predicted molar refractivity (Wildman–Crippen MR) is 111 cm³/mol. The van der Waals surface area contributed by atoms with Crippen molar-refractivity contribution in [1.82, 2.24) is 19.9 Å². The van der Waals surface area contributed by atoms with Gasteiger partial charge in [-0.15, -0.1) is 11.3 Å². The van der Waals surface area contributed by atoms with Crippen LogP contribution in [0.1, 0.15) is 30.7 Å². The van der Waals surface area contributed by atoms with E-state index in [0.717, 1.165) is 29.4 Å². The first kappa shape index (κ1) is 20.0. The number of anilines is 1. The summed E-state index contributed by atoms with van der Waals surface area (Å²) in [5, 5.41) is 15.0. The average Bonchev–Trinajstić information content (AvgIpc) is 3.14. The Bertz CT molecular complexity index is 819. The number of hydrogen-bond acceptors (Lipinski definition) is 8. The minimum atomic E-state index is -0.572. The highest BCUT2D eigenvalue weighted by Gasteiger charge is 2.29. The van der Waals surface area contributed by atoms with E-state index in [4.69, 9.17) is 21.3 Å². The molecule has 0 bridgehead atoms. The van der Waals surface area contributed by atoms with Crippen molar-refractivity contribution in [2.24, 2.45) is 5.92 Å². The van der Waals surface area contributed by atoms with Crippen LogP contribution in [-0.4, -0.2) is 70.5 Å². The number of ether oxygens (including phenoxy) is 1. The van der Waals surface area contributed by atoms with Gasteiger partial charge >= 0.3 is 0 Å². The van der Waals surface area contributed by atoms with Crippen molar-refractivity contribution in [3.05, 3.63) is 22.4 Å². The van der Waals surface area contributed by atoms with Crippen LogP contribution in [0, 0.1) is 5.92 Å². The predicted octanol–water partition coefficient (Wildman–Crippen LogP) is 2.87. The van der Waals surface area contributed by atoms with E-state index in [1.807, 2.05) is 6.20 Å². The second kappa shape index (κ2) is 8.59. The molecule has 2 aromatic rings. The Labute approximate surface area is 174 Å². The molecule has 0 radical (unpaired) electrons. The number of nitrogens with zero attached hydrogens (tertiary/aromatic N) is 4. The Balaban J connectivity index is 1.53. The number of likely N-dealkylation sites (tertiary alicyclic amines) is 1. The van der Waals surface area contributed by atoms with Gasteiger partial charge < -0.3 is 20.1 Å². The van der Waals surface area contributed by atoms with Crippen LogP contribution in [0.25, 0.3) is 10.6 Å². The lowest BCUT2D eigenvalue weighted by molar-refractivity contribution is -0.0136. The fourth-order valence-electron chi connectivity index (χ4n) is 3.96. The third-order valence-corrected chi connectivity index (χ3v) is 6.98. The minimum absolute atomic E-state index is 0.125. The lowest BCUT2D eigenvalue weighted by Gasteiger charge is -2.33. The third kappa shape index (κ3) is 4.31. The first-order valence-corrected chi connectivity index (χ1v) is 10.9. The number of rotatable bonds is 4. The number of thiazole rings is 1. The van der Waals surface area contributed by atoms with Gasteiger partial charge in [-0.25, -0.2) is 15.0 Å². The molecule has 0 aromatic carbocycles. The number of halogens is 1. The first-order valence-electron chi connectivity index (χ1n) is 9.70. The van der Waals surface area contributed by atoms with Crippen molar-refractivity contribution in [2.75, 3.05) is 38.7 Å². The molecule has 152 valence electrons. The Morgan fingerprint density at radius 2 is 2.18 bits per heavy atom. The lowest BCUT2D eigenvalue weighted by Crippen LogP contribution is -2.42. The van der Waals surface area contributed by atoms with E-state index in [0.29, 0.717) is 48.1 Å². The summed E-state index contributed by atoms with van der Waals surface area (Å²) in [6, 6.07) is -0.125. The molecule has 9 heteroatoms. The smallest absolute Gasteiger partial charge is 0.223 e. The zero-order valence-electron chi connectivity index (χ0n) is 16.1. The summed E-state index contributed by atoms with van der Waals surface area (Å²) in [5.41, 5.74) is 0.685. The molecule has 0 spiro atoms. The quantitative estimate of drug-likeness (QED) is 0.782. The van der Waals surface area contributed by atoms with Crippen LogP contribution in [0.15, 0.2) is 12.4 Å². The summed E-state index contributed by atoms with van der Waals surface area (Å²) < 4.78 is 5.28. The monoisotopic (exact) mass is 423 g/mol. The lowest BCUT2D eigenvalue weighted by atomic mass is 9.88. The van der Waals surface area contributed by atoms with Crippen LogP contribution in [0.2, 0.25) is 5.02 Å². The van der Waals surface area contributed by atoms with Gasteiger partial charge in [0.1, 0.15) is 5.69 Å². The molecule has 2 N–H and O–H groups in total. The molecule has 4 rings (SSSR count). The van der Waals surface area contributed by atoms with Gasteiger partial charge in [-0.2, -0.15) is 0 Å². The summed E-state index contributed by atoms with van der Waals surface area (Å²) in [7, 11) is 2.17. The molecule has 2 aliphatic heterocycles. The SMILES string of the molecule is C[C@H]1CN(C)CC[C@H]1c1ncc(-c2nc(N[C@@H]3CCOC[C@H]3O)ncc2Cl)s1. The molecule has 28 heavy (non-hydrogen) atoms. The number of aliphatic hydroxyl groups is 1. The molecular formula is C19H26ClN5O2S. The molecule has 2 saturated heterocycles. The second-order valence-corrected chi connectivity index (χ2v) is 9.24. The van der Waals surface area contributed by atoms with E-state index < -0.39 is 6.10 Å². The fraction of sp³-hybridized carbons (Fsp3) is 0.632. The average molecular weight is 424 g/mol. The van der Waals surface area contributed by atoms with Crippen molar-refractivity contribution >= 4 is 28.9 Å². The summed E-state index contributed by atoms with van der Waals surface area (Å²) in [6.07, 6.45) is 4.73. The molecule has 2 fully saturated rings. The Morgan fingerprint density at radius 1 is 1.32 bits per heavy atom. The van der Waals surface area contributed by atoms with Gasteiger partial charge in [0, 0.05) is 25.3 Å². The molecular weight excluding hydrogens is 398 g/mol. The largest absolute Gasteiger partial charge is 0.389 e. The number of aliphatic hydroxyl groups excluding tert-OH is 1. The molecule has 7 nitrogen and oxygen atoms in total. The van der Waals surface area contributed by atoms with Gasteiger partial charge in [0.15, 0.2) is 0 Å². The molecule has 0 saturated carbocycles. The van der Waals surface area contributed by atoms with E-state index in [9.17, 15) is 5.11 Å². The summed E-state index contributed by atoms with van der Waals surface area (Å²) in [6.45, 7) is 5.42. The van der Waals surface area contributed by atoms with E-state index in [1.54, 1.807) is 17.5 Å². The molecule has 2 aliphatic rings. The van der Waals surface area contributed by atoms with Crippen LogP contribution in [0.3, 0.4) is 0 Å². The maximum Gasteiger partial charge on any atom is 0.223 e. The fourth-order valence-corrected chi connectivity index (χ4v) is 5.39. The molecule has 0 aliphatic carbocycles.